The van der Waals surface area contributed by atoms with Crippen LogP contribution in [0.4, 0.5) is 31.2 Å². The number of anilines is 3. The van der Waals surface area contributed by atoms with Crippen molar-refractivity contribution < 1.29 is 125 Å². The van der Waals surface area contributed by atoms with Crippen LogP contribution in [0.15, 0.2) is 91.1 Å². The van der Waals surface area contributed by atoms with Gasteiger partial charge >= 0.3 is 18.1 Å². The number of aliphatic hydroxyl groups excluding tert-OH is 4. The lowest BCUT2D eigenvalue weighted by atomic mass is 9.89. The molecule has 0 radical (unpaired) electrons. The molecule has 44 heteroatoms. The predicted molar refractivity (Wildman–Crippen MR) is 542 cm³/mol. The van der Waals surface area contributed by atoms with Gasteiger partial charge in [-0.2, -0.15) is 0 Å². The Balaban J connectivity index is 0.740. The largest absolute Gasteiger partial charge is 0.479 e. The van der Waals surface area contributed by atoms with E-state index in [2.05, 4.69) is 52.4 Å². The van der Waals surface area contributed by atoms with Gasteiger partial charge in [0.2, 0.25) is 53.5 Å². The number of hydrogen-bond acceptors (Lipinski definition) is 29. The second kappa shape index (κ2) is 57.7. The number of H-pyrrole nitrogens is 1. The standard InChI is InChI=1S/C102H149ClFN17O25/c1-16-60(9)84(76(138-14)53-79(124)121-37-21-25-74(121)90(139-15)61(10)94(129)111-62(11)86(125)64-22-18-17-19-23-64)118(12)98(133)82(57(4)5)117-97(132)83(58(6)7)119(13)102(137)144-55-63-26-28-71(75(50-63)145-100-89(128)87(126)88(127)91(146-100)99(134)135)114-95(130)72(24-20-34-109-101(106)136)115-96(131)81(56(2)3)116-78(123)33-41-141-43-45-143-47-46-142-44-42-140-40-32-77(122)107-35-36-108-92-80(93-112-70-29-27-66(103)52-73(70)113-93)85(120-38-30-68(105)31-39-120)69(54-110-92)65-48-59(8)49-67(104)51-65/h17-19,22-23,26-29,48-52,54,56-58,60-62,68,72,74,76,81-84,86-91,100,125-128H,16,20-21,24-25,30-47,53,55,105H2,1-15H3,(H,107,122)(H,108,110)(H,111,129)(H,112,113)(H,114,130)(H,115,131)(H,116,123)(H,117,132)(H,134,135)(H3,106,109,136)/t60-,61+,62+,72-,74-,76+,81-,82-,83-,84-,86+,87-,88-,89+,90+,91-,100+/m0/s1. The molecule has 42 nitrogen and oxygen atoms in total. The van der Waals surface area contributed by atoms with Gasteiger partial charge in [-0.05, 0) is 141 Å². The first-order valence-corrected chi connectivity index (χ1v) is 50.2. The number of aromatic amines is 1. The van der Waals surface area contributed by atoms with Crippen LogP contribution in [0.2, 0.25) is 5.02 Å². The van der Waals surface area contributed by atoms with E-state index < -0.39 is 175 Å². The first-order valence-electron chi connectivity index (χ1n) is 49.9. The maximum absolute atomic E-state index is 15.1. The Kier molecular flexibility index (Phi) is 46.6. The van der Waals surface area contributed by atoms with Crippen LogP contribution in [0, 0.1) is 42.3 Å². The molecule has 3 aliphatic heterocycles. The number of likely N-dealkylation sites (N-methyl/N-ethyl adjacent to an activating group) is 2. The van der Waals surface area contributed by atoms with E-state index in [0.29, 0.717) is 84.3 Å². The summed E-state index contributed by atoms with van der Waals surface area (Å²) in [5, 5.41) is 76.8. The van der Waals surface area contributed by atoms with Crippen LogP contribution in [-0.2, 0) is 87.7 Å². The SMILES string of the molecule is CC[C@H](C)[C@@H]([C@@H](CC(=O)N1CCC[C@H]1[C@H](OC)[C@@H](C)C(=O)N[C@H](C)[C@@H](O)c1ccccc1)OC)N(C)C(=O)[C@@H](NC(=O)[C@H](C(C)C)N(C)C(=O)OCc1ccc(NC(=O)[C@H](CCCNC(N)=O)NC(=O)[C@@H](NC(=O)CCOCCOCCOCCOCCC(=O)NCCNc2ncc(-c3cc(C)cc(F)c3)c(N3CCC(N)CC3)c2-c2nc3ccc(Cl)cc3[nH]2)C(C)C)c(O[C@@H]2O[C@H](C(=O)O)[C@@H](O)[C@H](O)[C@H]2O)c1)C(C)C. The smallest absolute Gasteiger partial charge is 0.410 e. The van der Waals surface area contributed by atoms with E-state index in [0.717, 1.165) is 40.1 Å². The summed E-state index contributed by atoms with van der Waals surface area (Å²) in [6.45, 7) is 22.0. The molecule has 806 valence electrons. The highest BCUT2D eigenvalue weighted by Gasteiger charge is 2.50. The minimum absolute atomic E-state index is 0.0380. The first-order chi connectivity index (χ1) is 69.6. The number of ether oxygens (including phenoxy) is 9. The topological polar surface area (TPSA) is 575 Å². The number of halogens is 2. The number of hydrogen-bond donors (Lipinski definition) is 16. The number of carboxylic acids is 1. The summed E-state index contributed by atoms with van der Waals surface area (Å²) < 4.78 is 67.0. The number of aliphatic hydroxyl groups is 4. The summed E-state index contributed by atoms with van der Waals surface area (Å²) in [7, 11) is 5.84. The summed E-state index contributed by atoms with van der Waals surface area (Å²) in [5.41, 5.74) is 17.3. The van der Waals surface area contributed by atoms with Gasteiger partial charge in [0.25, 0.3) is 0 Å². The average Bonchev–Trinajstić information content (AvgIpc) is 1.52. The number of carbonyl (C=O) groups is 11. The Morgan fingerprint density at radius 3 is 1.97 bits per heavy atom. The minimum Gasteiger partial charge on any atom is -0.479 e. The number of primary amides is 1. The van der Waals surface area contributed by atoms with Gasteiger partial charge in [-0.15, -0.1) is 0 Å². The molecule has 4 aromatic carbocycles. The van der Waals surface area contributed by atoms with Crippen molar-refractivity contribution in [3.8, 4) is 28.3 Å². The maximum atomic E-state index is 15.1. The number of carboxylic acid groups (broad SMARTS) is 1. The number of piperidine rings is 1. The third-order valence-corrected chi connectivity index (χ3v) is 26.6. The summed E-state index contributed by atoms with van der Waals surface area (Å²) >= 11 is 6.40. The number of aliphatic carboxylic acids is 1. The number of nitrogens with one attached hydrogen (secondary N) is 9. The van der Waals surface area contributed by atoms with Crippen molar-refractivity contribution in [1.82, 2.24) is 61.6 Å². The Hall–Kier alpha value is -11.6. The van der Waals surface area contributed by atoms with Crippen LogP contribution < -0.4 is 63.6 Å². The van der Waals surface area contributed by atoms with Crippen molar-refractivity contribution in [3.05, 3.63) is 119 Å². The Morgan fingerprint density at radius 2 is 1.35 bits per heavy atom. The second-order valence-electron chi connectivity index (χ2n) is 38.3. The number of amides is 11. The molecule has 11 amide bonds. The van der Waals surface area contributed by atoms with Gasteiger partial charge in [0.15, 0.2) is 6.10 Å². The molecular formula is C102H149ClFN17O25. The molecule has 3 fully saturated rings. The molecular weight excluding hydrogens is 1920 g/mol. The number of likely N-dealkylation sites (tertiary alicyclic amines) is 1. The van der Waals surface area contributed by atoms with Crippen molar-refractivity contribution in [2.75, 3.05) is 136 Å². The van der Waals surface area contributed by atoms with E-state index in [1.807, 2.05) is 39.0 Å². The molecule has 0 bridgehead atoms. The Bertz CT molecular complexity index is 5280. The molecule has 0 saturated carbocycles. The molecule has 17 atom stereocenters. The van der Waals surface area contributed by atoms with E-state index in [1.54, 1.807) is 110 Å². The van der Waals surface area contributed by atoms with Gasteiger partial charge < -0.3 is 142 Å². The quantitative estimate of drug-likeness (QED) is 0.0179. The molecule has 2 aromatic heterocycles. The fraction of sp³-hybridized carbons (Fsp3) is 0.598. The number of carbonyl (C=O) groups excluding carboxylic acids is 10. The lowest BCUT2D eigenvalue weighted by molar-refractivity contribution is -0.271. The third-order valence-electron chi connectivity index (χ3n) is 26.4. The summed E-state index contributed by atoms with van der Waals surface area (Å²) in [6, 6.07) is 15.2. The summed E-state index contributed by atoms with van der Waals surface area (Å²) in [6.07, 6.45) is -9.72. The molecule has 0 unspecified atom stereocenters. The van der Waals surface area contributed by atoms with Gasteiger partial charge in [-0.1, -0.05) is 123 Å². The zero-order valence-corrected chi connectivity index (χ0v) is 86.7. The Labute approximate surface area is 856 Å². The highest BCUT2D eigenvalue weighted by atomic mass is 35.5. The predicted octanol–water partition coefficient (Wildman–Crippen LogP) is 6.57. The third kappa shape index (κ3) is 33.5. The number of rotatable bonds is 57. The van der Waals surface area contributed by atoms with Gasteiger partial charge in [0, 0.05) is 103 Å². The molecule has 9 rings (SSSR count). The van der Waals surface area contributed by atoms with E-state index in [1.165, 1.54) is 56.5 Å². The van der Waals surface area contributed by atoms with Gasteiger partial charge in [-0.3, -0.25) is 43.3 Å². The number of urea groups is 1. The van der Waals surface area contributed by atoms with E-state index in [4.69, 9.17) is 75.7 Å². The number of aromatic nitrogens is 3. The number of benzene rings is 4. The minimum atomic E-state index is -2.16. The zero-order valence-electron chi connectivity index (χ0n) is 86.0. The van der Waals surface area contributed by atoms with Gasteiger partial charge in [0.05, 0.1) is 130 Å². The number of imidazole rings is 1. The molecule has 6 aromatic rings. The fourth-order valence-corrected chi connectivity index (χ4v) is 18.4. The second-order valence-corrected chi connectivity index (χ2v) is 38.8. The van der Waals surface area contributed by atoms with Crippen LogP contribution in [0.5, 0.6) is 5.75 Å². The molecule has 146 heavy (non-hydrogen) atoms. The fourth-order valence-electron chi connectivity index (χ4n) is 18.2. The van der Waals surface area contributed by atoms with Crippen LogP contribution in [-0.4, -0.2) is 332 Å². The number of fused-ring (bicyclic) bond motifs is 1. The van der Waals surface area contributed by atoms with Crippen LogP contribution in [0.1, 0.15) is 156 Å². The number of aryl methyl sites for hydroxylation is 1. The highest BCUT2D eigenvalue weighted by molar-refractivity contribution is 6.31. The van der Waals surface area contributed by atoms with Crippen LogP contribution in [0.3, 0.4) is 0 Å². The monoisotopic (exact) mass is 2070 g/mol. The number of nitrogens with two attached hydrogens (primary N) is 2. The van der Waals surface area contributed by atoms with E-state index >= 15 is 9.18 Å². The van der Waals surface area contributed by atoms with Crippen molar-refractivity contribution >= 4 is 105 Å². The highest BCUT2D eigenvalue weighted by Crippen LogP contribution is 2.45. The lowest BCUT2D eigenvalue weighted by Crippen LogP contribution is -2.61. The average molecular weight is 2070 g/mol. The van der Waals surface area contributed by atoms with Crippen LogP contribution in [0.25, 0.3) is 33.5 Å². The summed E-state index contributed by atoms with van der Waals surface area (Å²) in [4.78, 5) is 172. The summed E-state index contributed by atoms with van der Waals surface area (Å²) in [5.74, 6) is -8.67. The molecule has 0 aliphatic carbocycles. The van der Waals surface area contributed by atoms with E-state index in [-0.39, 0.29) is 145 Å². The zero-order chi connectivity index (χ0) is 107. The van der Waals surface area contributed by atoms with Crippen molar-refractivity contribution in [2.24, 2.45) is 41.1 Å². The number of pyridine rings is 1. The number of nitrogens with zero attached hydrogens (tertiary/aromatic N) is 6. The van der Waals surface area contributed by atoms with Crippen molar-refractivity contribution in [2.45, 2.75) is 244 Å². The molecule has 3 aliphatic rings. The van der Waals surface area contributed by atoms with Gasteiger partial charge in [0.1, 0.15) is 72.3 Å². The molecule has 0 spiro atoms. The normalized spacial score (nSPS) is 18.8. The lowest BCUT2D eigenvalue weighted by Gasteiger charge is -2.41. The molecule has 5 heterocycles. The van der Waals surface area contributed by atoms with Gasteiger partial charge in [-0.25, -0.2) is 28.7 Å². The van der Waals surface area contributed by atoms with Crippen molar-refractivity contribution in [1.29, 1.82) is 0 Å². The van der Waals surface area contributed by atoms with Crippen molar-refractivity contribution in [3.63, 3.8) is 0 Å². The van der Waals surface area contributed by atoms with Crippen LogP contribution >= 0.6 is 11.6 Å². The molecule has 18 N–H and O–H groups in total. The molecule has 3 saturated heterocycles. The first kappa shape index (κ1) is 118. The maximum Gasteiger partial charge on any atom is 0.410 e. The number of methoxy groups -OCH3 is 2. The van der Waals surface area contributed by atoms with E-state index in [9.17, 15) is 73.5 Å². The Morgan fingerprint density at radius 1 is 0.692 bits per heavy atom.